The van der Waals surface area contributed by atoms with Crippen LogP contribution in [0.5, 0.6) is 0 Å². The summed E-state index contributed by atoms with van der Waals surface area (Å²) in [5, 5.41) is 10.6. The SMILES string of the molecule is CCNC(=NCc1ccsc1)NCCc1ccccc1F.I. The molecule has 2 rings (SSSR count). The Bertz CT molecular complexity index is 573. The summed E-state index contributed by atoms with van der Waals surface area (Å²) in [6.07, 6.45) is 0.634. The van der Waals surface area contributed by atoms with Crippen LogP contribution in [0.1, 0.15) is 18.1 Å². The van der Waals surface area contributed by atoms with E-state index in [9.17, 15) is 4.39 Å². The van der Waals surface area contributed by atoms with Crippen molar-refractivity contribution >= 4 is 41.3 Å². The summed E-state index contributed by atoms with van der Waals surface area (Å²) in [6, 6.07) is 8.93. The van der Waals surface area contributed by atoms with E-state index < -0.39 is 0 Å². The third-order valence-electron chi connectivity index (χ3n) is 2.99. The van der Waals surface area contributed by atoms with E-state index in [2.05, 4.69) is 27.1 Å². The summed E-state index contributed by atoms with van der Waals surface area (Å²) < 4.78 is 13.5. The Kier molecular flexibility index (Phi) is 9.07. The van der Waals surface area contributed by atoms with Gasteiger partial charge in [-0.05, 0) is 47.4 Å². The van der Waals surface area contributed by atoms with Crippen LogP contribution in [0.25, 0.3) is 0 Å². The number of halogens is 2. The van der Waals surface area contributed by atoms with E-state index in [4.69, 9.17) is 0 Å². The van der Waals surface area contributed by atoms with Gasteiger partial charge in [-0.25, -0.2) is 9.38 Å². The number of hydrogen-bond donors (Lipinski definition) is 2. The fraction of sp³-hybridized carbons (Fsp3) is 0.312. The molecule has 2 N–H and O–H groups in total. The van der Waals surface area contributed by atoms with E-state index in [-0.39, 0.29) is 29.8 Å². The molecule has 0 unspecified atom stereocenters. The molecule has 0 fully saturated rings. The maximum absolute atomic E-state index is 13.5. The molecular weight excluding hydrogens is 412 g/mol. The molecule has 1 aromatic carbocycles. The zero-order valence-electron chi connectivity index (χ0n) is 12.5. The van der Waals surface area contributed by atoms with Gasteiger partial charge >= 0.3 is 0 Å². The standard InChI is InChI=1S/C16H20FN3S.HI/c1-2-18-16(20-11-13-8-10-21-12-13)19-9-7-14-5-3-4-6-15(14)17;/h3-6,8,10,12H,2,7,9,11H2,1H3,(H2,18,19,20);1H. The van der Waals surface area contributed by atoms with Crippen molar-refractivity contribution < 1.29 is 4.39 Å². The normalized spacial score (nSPS) is 10.9. The van der Waals surface area contributed by atoms with Crippen molar-refractivity contribution in [2.75, 3.05) is 13.1 Å². The third kappa shape index (κ3) is 6.31. The lowest BCUT2D eigenvalue weighted by Crippen LogP contribution is -2.38. The van der Waals surface area contributed by atoms with Gasteiger partial charge < -0.3 is 10.6 Å². The molecule has 2 aromatic rings. The number of thiophene rings is 1. The highest BCUT2D eigenvalue weighted by atomic mass is 127. The Labute approximate surface area is 152 Å². The monoisotopic (exact) mass is 433 g/mol. The van der Waals surface area contributed by atoms with Crippen molar-refractivity contribution in [2.45, 2.75) is 19.9 Å². The Morgan fingerprint density at radius 2 is 2.05 bits per heavy atom. The lowest BCUT2D eigenvalue weighted by atomic mass is 10.1. The third-order valence-corrected chi connectivity index (χ3v) is 3.72. The second kappa shape index (κ2) is 10.6. The van der Waals surface area contributed by atoms with Gasteiger partial charge in [-0.3, -0.25) is 0 Å². The number of nitrogens with one attached hydrogen (secondary N) is 2. The van der Waals surface area contributed by atoms with Gasteiger partial charge in [-0.1, -0.05) is 18.2 Å². The van der Waals surface area contributed by atoms with Gasteiger partial charge in [0.15, 0.2) is 5.96 Å². The fourth-order valence-electron chi connectivity index (χ4n) is 1.91. The molecule has 0 aliphatic heterocycles. The van der Waals surface area contributed by atoms with Gasteiger partial charge in [0.1, 0.15) is 5.82 Å². The van der Waals surface area contributed by atoms with Crippen LogP contribution in [0.3, 0.4) is 0 Å². The van der Waals surface area contributed by atoms with Crippen LogP contribution in [-0.4, -0.2) is 19.0 Å². The van der Waals surface area contributed by atoms with E-state index >= 15 is 0 Å². The first-order valence-corrected chi connectivity index (χ1v) is 8.00. The number of hydrogen-bond acceptors (Lipinski definition) is 2. The molecule has 0 atom stereocenters. The molecule has 0 saturated heterocycles. The van der Waals surface area contributed by atoms with E-state index in [0.717, 1.165) is 18.1 Å². The van der Waals surface area contributed by atoms with Crippen molar-refractivity contribution in [2.24, 2.45) is 4.99 Å². The van der Waals surface area contributed by atoms with Crippen LogP contribution in [0.15, 0.2) is 46.1 Å². The highest BCUT2D eigenvalue weighted by Crippen LogP contribution is 2.07. The number of guanidine groups is 1. The quantitative estimate of drug-likeness (QED) is 0.413. The minimum atomic E-state index is -0.153. The second-order valence-electron chi connectivity index (χ2n) is 4.59. The summed E-state index contributed by atoms with van der Waals surface area (Å²) in [4.78, 5) is 4.52. The zero-order chi connectivity index (χ0) is 14.9. The van der Waals surface area contributed by atoms with Gasteiger partial charge in [-0.2, -0.15) is 11.3 Å². The summed E-state index contributed by atoms with van der Waals surface area (Å²) in [7, 11) is 0. The van der Waals surface area contributed by atoms with E-state index in [1.54, 1.807) is 17.4 Å². The smallest absolute Gasteiger partial charge is 0.191 e. The van der Waals surface area contributed by atoms with Gasteiger partial charge in [-0.15, -0.1) is 24.0 Å². The molecular formula is C16H21FIN3S. The Morgan fingerprint density at radius 3 is 2.73 bits per heavy atom. The molecule has 0 aliphatic rings. The molecule has 3 nitrogen and oxygen atoms in total. The fourth-order valence-corrected chi connectivity index (χ4v) is 2.57. The molecule has 6 heteroatoms. The first-order chi connectivity index (χ1) is 10.3. The molecule has 0 spiro atoms. The zero-order valence-corrected chi connectivity index (χ0v) is 15.7. The van der Waals surface area contributed by atoms with Crippen LogP contribution < -0.4 is 10.6 Å². The highest BCUT2D eigenvalue weighted by molar-refractivity contribution is 14.0. The summed E-state index contributed by atoms with van der Waals surface area (Å²) in [5.41, 5.74) is 1.92. The molecule has 0 radical (unpaired) electrons. The maximum Gasteiger partial charge on any atom is 0.191 e. The van der Waals surface area contributed by atoms with Crippen molar-refractivity contribution in [3.63, 3.8) is 0 Å². The average molecular weight is 433 g/mol. The van der Waals surface area contributed by atoms with Crippen molar-refractivity contribution in [3.8, 4) is 0 Å². The van der Waals surface area contributed by atoms with Crippen LogP contribution >= 0.6 is 35.3 Å². The predicted octanol–water partition coefficient (Wildman–Crippen LogP) is 3.80. The van der Waals surface area contributed by atoms with E-state index in [1.165, 1.54) is 11.6 Å². The highest BCUT2D eigenvalue weighted by Gasteiger charge is 2.02. The Morgan fingerprint density at radius 1 is 1.23 bits per heavy atom. The molecule has 0 aliphatic carbocycles. The first kappa shape index (κ1) is 18.9. The number of nitrogens with zero attached hydrogens (tertiary/aromatic N) is 1. The van der Waals surface area contributed by atoms with Crippen molar-refractivity contribution in [1.29, 1.82) is 0 Å². The topological polar surface area (TPSA) is 36.4 Å². The Hall–Kier alpha value is -1.15. The van der Waals surface area contributed by atoms with Crippen LogP contribution in [0.4, 0.5) is 4.39 Å². The van der Waals surface area contributed by atoms with E-state index in [1.807, 2.05) is 24.4 Å². The molecule has 0 bridgehead atoms. The van der Waals surface area contributed by atoms with Gasteiger partial charge in [0.05, 0.1) is 6.54 Å². The van der Waals surface area contributed by atoms with Crippen molar-refractivity contribution in [3.05, 3.63) is 58.0 Å². The van der Waals surface area contributed by atoms with Gasteiger partial charge in [0.25, 0.3) is 0 Å². The predicted molar refractivity (Wildman–Crippen MR) is 103 cm³/mol. The molecule has 120 valence electrons. The summed E-state index contributed by atoms with van der Waals surface area (Å²) in [6.45, 7) is 4.13. The molecule has 22 heavy (non-hydrogen) atoms. The largest absolute Gasteiger partial charge is 0.357 e. The van der Waals surface area contributed by atoms with Crippen LogP contribution in [-0.2, 0) is 13.0 Å². The summed E-state index contributed by atoms with van der Waals surface area (Å²) >= 11 is 1.67. The lowest BCUT2D eigenvalue weighted by Gasteiger charge is -2.11. The van der Waals surface area contributed by atoms with Crippen molar-refractivity contribution in [1.82, 2.24) is 10.6 Å². The first-order valence-electron chi connectivity index (χ1n) is 7.06. The summed E-state index contributed by atoms with van der Waals surface area (Å²) in [5.74, 6) is 0.611. The maximum atomic E-state index is 13.5. The molecule has 1 aromatic heterocycles. The van der Waals surface area contributed by atoms with Crippen LogP contribution in [0, 0.1) is 5.82 Å². The molecule has 0 amide bonds. The van der Waals surface area contributed by atoms with Gasteiger partial charge in [0, 0.05) is 13.1 Å². The second-order valence-corrected chi connectivity index (χ2v) is 5.37. The average Bonchev–Trinajstić information content (AvgIpc) is 3.00. The lowest BCUT2D eigenvalue weighted by molar-refractivity contribution is 0.606. The van der Waals surface area contributed by atoms with Gasteiger partial charge in [0.2, 0.25) is 0 Å². The Balaban J connectivity index is 0.00000242. The molecule has 1 heterocycles. The van der Waals surface area contributed by atoms with Crippen LogP contribution in [0.2, 0.25) is 0 Å². The number of rotatable bonds is 6. The number of aliphatic imine (C=N–C) groups is 1. The minimum absolute atomic E-state index is 0. The molecule has 0 saturated carbocycles. The van der Waals surface area contributed by atoms with E-state index in [0.29, 0.717) is 19.5 Å². The number of benzene rings is 1. The minimum Gasteiger partial charge on any atom is -0.357 e.